The molecule has 0 aliphatic rings. The third-order valence-electron chi connectivity index (χ3n) is 5.87. The summed E-state index contributed by atoms with van der Waals surface area (Å²) in [7, 11) is 0. The van der Waals surface area contributed by atoms with Crippen molar-refractivity contribution < 1.29 is 13.7 Å². The lowest BCUT2D eigenvalue weighted by Gasteiger charge is -2.14. The summed E-state index contributed by atoms with van der Waals surface area (Å²) in [6.07, 6.45) is 2.22. The molecule has 0 bridgehead atoms. The maximum atomic E-state index is 14.0. The summed E-state index contributed by atoms with van der Waals surface area (Å²) in [6.45, 7) is 6.93. The van der Waals surface area contributed by atoms with Gasteiger partial charge in [-0.05, 0) is 68.0 Å². The minimum Gasteiger partial charge on any atom is -0.492 e. The molecule has 2 N–H and O–H groups in total. The van der Waals surface area contributed by atoms with E-state index in [1.165, 1.54) is 11.2 Å². The third kappa shape index (κ3) is 4.59. The first kappa shape index (κ1) is 23.7. The number of hydrogen-bond acceptors (Lipinski definition) is 8. The van der Waals surface area contributed by atoms with E-state index < -0.39 is 5.76 Å². The van der Waals surface area contributed by atoms with Crippen LogP contribution >= 0.6 is 11.3 Å². The molecule has 0 saturated carbocycles. The molecular weight excluding hydrogens is 481 g/mol. The molecule has 0 spiro atoms. The second-order valence-electron chi connectivity index (χ2n) is 8.26. The number of nitrogens with one attached hydrogen (secondary N) is 2. The average molecular weight is 506 g/mol. The number of benzene rings is 2. The van der Waals surface area contributed by atoms with Crippen LogP contribution in [0.1, 0.15) is 22.9 Å². The Bertz CT molecular complexity index is 1610. The maximum Gasteiger partial charge on any atom is 0.439 e. The average Bonchev–Trinajstić information content (AvgIpc) is 3.43. The van der Waals surface area contributed by atoms with Gasteiger partial charge in [0.15, 0.2) is 5.82 Å². The van der Waals surface area contributed by atoms with Crippen molar-refractivity contribution in [1.82, 2.24) is 20.1 Å². The van der Waals surface area contributed by atoms with E-state index in [4.69, 9.17) is 4.74 Å². The molecule has 8 nitrogen and oxygen atoms in total. The summed E-state index contributed by atoms with van der Waals surface area (Å²) in [6, 6.07) is 10.6. The van der Waals surface area contributed by atoms with E-state index >= 15 is 0 Å². The number of nitrogens with zero attached hydrogens (tertiary/aromatic N) is 3. The van der Waals surface area contributed by atoms with E-state index in [-0.39, 0.29) is 11.6 Å². The highest BCUT2D eigenvalue weighted by Crippen LogP contribution is 2.37. The van der Waals surface area contributed by atoms with Gasteiger partial charge in [0, 0.05) is 27.8 Å². The number of hydrogen-bond donors (Lipinski definition) is 2. The molecule has 184 valence electrons. The van der Waals surface area contributed by atoms with Gasteiger partial charge in [-0.3, -0.25) is 9.51 Å². The summed E-state index contributed by atoms with van der Waals surface area (Å²) in [5.74, 6) is 0.615. The largest absolute Gasteiger partial charge is 0.492 e. The molecule has 0 unspecified atom stereocenters. The number of aromatic amines is 1. The van der Waals surface area contributed by atoms with E-state index in [9.17, 15) is 9.18 Å². The lowest BCUT2D eigenvalue weighted by molar-refractivity contribution is 0.342. The zero-order chi connectivity index (χ0) is 25.2. The first-order chi connectivity index (χ1) is 17.4. The Hall–Kier alpha value is -4.05. The van der Waals surface area contributed by atoms with Gasteiger partial charge in [-0.25, -0.2) is 19.2 Å². The predicted molar refractivity (Wildman–Crippen MR) is 138 cm³/mol. The van der Waals surface area contributed by atoms with Crippen LogP contribution in [0.25, 0.3) is 32.7 Å². The first-order valence-electron chi connectivity index (χ1n) is 11.5. The van der Waals surface area contributed by atoms with Crippen LogP contribution in [0, 0.1) is 19.7 Å². The summed E-state index contributed by atoms with van der Waals surface area (Å²) >= 11 is 1.70. The van der Waals surface area contributed by atoms with Gasteiger partial charge in [-0.15, -0.1) is 11.3 Å². The minimum absolute atomic E-state index is 0.213. The van der Waals surface area contributed by atoms with Crippen LogP contribution in [0.4, 0.5) is 10.2 Å². The Kier molecular flexibility index (Phi) is 6.51. The van der Waals surface area contributed by atoms with Gasteiger partial charge in [0.05, 0.1) is 17.9 Å². The molecule has 0 aliphatic heterocycles. The topological polar surface area (TPSA) is 106 Å². The highest BCUT2D eigenvalue weighted by atomic mass is 32.1. The van der Waals surface area contributed by atoms with Gasteiger partial charge in [0.25, 0.3) is 0 Å². The molecule has 3 aromatic heterocycles. The molecular formula is C26H24FN5O3S. The first-order valence-corrected chi connectivity index (χ1v) is 12.3. The maximum absolute atomic E-state index is 14.0. The van der Waals surface area contributed by atoms with Gasteiger partial charge >= 0.3 is 5.76 Å². The fraction of sp³-hybridized carbons (Fsp3) is 0.231. The number of rotatable bonds is 8. The van der Waals surface area contributed by atoms with E-state index in [1.54, 1.807) is 29.5 Å². The monoisotopic (exact) mass is 505 g/mol. The third-order valence-corrected chi connectivity index (χ3v) is 7.17. The second-order valence-corrected chi connectivity index (χ2v) is 9.49. The number of aromatic nitrogens is 4. The van der Waals surface area contributed by atoms with Gasteiger partial charge in [0.1, 0.15) is 23.7 Å². The van der Waals surface area contributed by atoms with Crippen LogP contribution in [0.5, 0.6) is 5.75 Å². The zero-order valence-electron chi connectivity index (χ0n) is 20.0. The summed E-state index contributed by atoms with van der Waals surface area (Å²) in [4.78, 5) is 24.0. The van der Waals surface area contributed by atoms with Crippen LogP contribution < -0.4 is 15.8 Å². The number of ether oxygens (including phenoxy) is 1. The number of anilines is 1. The lowest BCUT2D eigenvalue weighted by Crippen LogP contribution is -2.07. The number of thiophene rings is 1. The summed E-state index contributed by atoms with van der Waals surface area (Å²) in [5.41, 5.74) is 4.08. The van der Waals surface area contributed by atoms with E-state index in [1.807, 2.05) is 32.0 Å². The van der Waals surface area contributed by atoms with Crippen molar-refractivity contribution in [3.8, 4) is 28.4 Å². The molecule has 0 atom stereocenters. The number of para-hydroxylation sites is 1. The molecule has 5 aromatic rings. The predicted octanol–water partition coefficient (Wildman–Crippen LogP) is 5.51. The van der Waals surface area contributed by atoms with Crippen molar-refractivity contribution in [2.24, 2.45) is 0 Å². The molecule has 3 heterocycles. The Labute approximate surface area is 210 Å². The van der Waals surface area contributed by atoms with Crippen molar-refractivity contribution in [3.63, 3.8) is 0 Å². The Balaban J connectivity index is 1.40. The van der Waals surface area contributed by atoms with Crippen molar-refractivity contribution in [2.75, 3.05) is 18.5 Å². The van der Waals surface area contributed by atoms with Crippen molar-refractivity contribution >= 4 is 27.2 Å². The molecule has 36 heavy (non-hydrogen) atoms. The second kappa shape index (κ2) is 9.90. The normalized spacial score (nSPS) is 11.2. The quantitative estimate of drug-likeness (QED) is 0.286. The number of H-pyrrole nitrogens is 1. The molecule has 10 heteroatoms. The Morgan fingerprint density at radius 1 is 1.17 bits per heavy atom. The lowest BCUT2D eigenvalue weighted by atomic mass is 10.0. The zero-order valence-corrected chi connectivity index (χ0v) is 20.8. The van der Waals surface area contributed by atoms with Crippen molar-refractivity contribution in [3.05, 3.63) is 75.1 Å². The minimum atomic E-state index is -0.641. The number of fused-ring (bicyclic) bond motifs is 1. The van der Waals surface area contributed by atoms with E-state index in [0.29, 0.717) is 36.0 Å². The van der Waals surface area contributed by atoms with Crippen LogP contribution in [0.3, 0.4) is 0 Å². The molecule has 0 radical (unpaired) electrons. The van der Waals surface area contributed by atoms with Gasteiger partial charge in [-0.2, -0.15) is 0 Å². The Morgan fingerprint density at radius 2 is 2.00 bits per heavy atom. The highest BCUT2D eigenvalue weighted by Gasteiger charge is 2.18. The fourth-order valence-electron chi connectivity index (χ4n) is 4.29. The molecule has 5 rings (SSSR count). The van der Waals surface area contributed by atoms with Crippen LogP contribution in [0.15, 0.2) is 52.0 Å². The summed E-state index contributed by atoms with van der Waals surface area (Å²) in [5, 5.41) is 8.13. The van der Waals surface area contributed by atoms with Crippen LogP contribution in [-0.2, 0) is 6.42 Å². The van der Waals surface area contributed by atoms with Crippen LogP contribution in [0.2, 0.25) is 0 Å². The van der Waals surface area contributed by atoms with Crippen molar-refractivity contribution in [2.45, 2.75) is 27.2 Å². The molecule has 0 fully saturated rings. The standard InChI is InChI=1S/C26H24FN5O3S/c1-4-34-23-18(6-5-7-19(23)25-31-26(33)35-32-25)21-12-22(30-13-29-21)28-9-8-17-15(3)36-24-14(2)10-16(27)11-20(17)24/h5-7,10-13H,4,8-9H2,1-3H3,(H,28,29,30)(H,31,32,33). The molecule has 0 amide bonds. The highest BCUT2D eigenvalue weighted by molar-refractivity contribution is 7.19. The fourth-order valence-corrected chi connectivity index (χ4v) is 5.45. The SMILES string of the molecule is CCOc1c(-c2cc(NCCc3c(C)sc4c(C)cc(F)cc34)ncn2)cccc1-c1noc(=O)[nH]1. The van der Waals surface area contributed by atoms with E-state index in [2.05, 4.69) is 36.9 Å². The van der Waals surface area contributed by atoms with Gasteiger partial charge < -0.3 is 10.1 Å². The molecule has 0 saturated heterocycles. The molecule has 0 aliphatic carbocycles. The smallest absolute Gasteiger partial charge is 0.439 e. The van der Waals surface area contributed by atoms with Gasteiger partial charge in [0.2, 0.25) is 0 Å². The van der Waals surface area contributed by atoms with Crippen molar-refractivity contribution in [1.29, 1.82) is 0 Å². The van der Waals surface area contributed by atoms with E-state index in [0.717, 1.165) is 33.2 Å². The number of halogens is 1. The van der Waals surface area contributed by atoms with Crippen LogP contribution in [-0.4, -0.2) is 33.3 Å². The summed E-state index contributed by atoms with van der Waals surface area (Å²) < 4.78 is 25.8. The Morgan fingerprint density at radius 3 is 2.78 bits per heavy atom. The van der Waals surface area contributed by atoms with Gasteiger partial charge in [-0.1, -0.05) is 11.2 Å². The molecule has 2 aromatic carbocycles. The number of aryl methyl sites for hydroxylation is 2.